The number of furan rings is 1. The Morgan fingerprint density at radius 2 is 1.84 bits per heavy atom. The van der Waals surface area contributed by atoms with E-state index in [1.807, 2.05) is 0 Å². The largest absolute Gasteiger partial charge is 0.493 e. The van der Waals surface area contributed by atoms with Crippen LogP contribution in [-0.4, -0.2) is 32.8 Å². The molecule has 0 aliphatic rings. The second kappa shape index (κ2) is 8.13. The first kappa shape index (κ1) is 18.2. The number of esters is 2. The summed E-state index contributed by atoms with van der Waals surface area (Å²) in [6, 6.07) is 6.48. The molecule has 0 saturated heterocycles. The highest BCUT2D eigenvalue weighted by Gasteiger charge is 2.16. The van der Waals surface area contributed by atoms with Crippen molar-refractivity contribution in [2.75, 3.05) is 14.2 Å². The molecule has 0 unspecified atom stereocenters. The van der Waals surface area contributed by atoms with Gasteiger partial charge in [0.1, 0.15) is 12.4 Å². The van der Waals surface area contributed by atoms with Gasteiger partial charge in [-0.3, -0.25) is 0 Å². The number of carbonyl (C=O) groups excluding carboxylic acids is 2. The van der Waals surface area contributed by atoms with Crippen LogP contribution in [0, 0.1) is 0 Å². The van der Waals surface area contributed by atoms with Crippen LogP contribution in [0.15, 0.2) is 34.7 Å². The molecule has 0 aliphatic heterocycles. The lowest BCUT2D eigenvalue weighted by atomic mass is 10.2. The zero-order valence-electron chi connectivity index (χ0n) is 13.3. The number of alkyl halides is 2. The number of methoxy groups -OCH3 is 2. The summed E-state index contributed by atoms with van der Waals surface area (Å²) >= 11 is 0. The van der Waals surface area contributed by atoms with Gasteiger partial charge in [-0.25, -0.2) is 9.59 Å². The zero-order chi connectivity index (χ0) is 18.4. The van der Waals surface area contributed by atoms with Crippen LogP contribution in [0.2, 0.25) is 0 Å². The molecule has 0 spiro atoms. The van der Waals surface area contributed by atoms with Crippen LogP contribution in [0.1, 0.15) is 26.7 Å². The van der Waals surface area contributed by atoms with Gasteiger partial charge in [0, 0.05) is 0 Å². The van der Waals surface area contributed by atoms with E-state index in [-0.39, 0.29) is 35.2 Å². The second-order valence-electron chi connectivity index (χ2n) is 4.58. The third-order valence-electron chi connectivity index (χ3n) is 3.01. The Kier molecular flexibility index (Phi) is 5.93. The van der Waals surface area contributed by atoms with E-state index in [0.717, 1.165) is 0 Å². The minimum atomic E-state index is -3.02. The van der Waals surface area contributed by atoms with E-state index in [1.54, 1.807) is 0 Å². The summed E-state index contributed by atoms with van der Waals surface area (Å²) in [5.74, 6) is -1.43. The van der Waals surface area contributed by atoms with Gasteiger partial charge in [0.15, 0.2) is 11.5 Å². The number of carbonyl (C=O) groups is 2. The van der Waals surface area contributed by atoms with Gasteiger partial charge in [-0.05, 0) is 30.3 Å². The fourth-order valence-corrected chi connectivity index (χ4v) is 1.87. The summed E-state index contributed by atoms with van der Waals surface area (Å²) in [5, 5.41) is 0. The van der Waals surface area contributed by atoms with Crippen molar-refractivity contribution in [3.8, 4) is 11.5 Å². The minimum Gasteiger partial charge on any atom is -0.493 e. The quantitative estimate of drug-likeness (QED) is 0.705. The predicted molar refractivity (Wildman–Crippen MR) is 78.8 cm³/mol. The van der Waals surface area contributed by atoms with Gasteiger partial charge in [-0.2, -0.15) is 8.78 Å². The summed E-state index contributed by atoms with van der Waals surface area (Å²) < 4.78 is 48.4. The van der Waals surface area contributed by atoms with Crippen LogP contribution in [-0.2, 0) is 16.1 Å². The molecule has 1 heterocycles. The average Bonchev–Trinajstić information content (AvgIpc) is 3.07. The molecule has 0 radical (unpaired) electrons. The fraction of sp³-hybridized carbons (Fsp3) is 0.250. The smallest absolute Gasteiger partial charge is 0.387 e. The first-order valence-corrected chi connectivity index (χ1v) is 6.91. The second-order valence-corrected chi connectivity index (χ2v) is 4.58. The molecular weight excluding hydrogens is 342 g/mol. The summed E-state index contributed by atoms with van der Waals surface area (Å²) in [5.41, 5.74) is 0.0678. The molecule has 25 heavy (non-hydrogen) atoms. The van der Waals surface area contributed by atoms with Crippen molar-refractivity contribution >= 4 is 11.9 Å². The molecular formula is C16H14F2O7. The van der Waals surface area contributed by atoms with Crippen molar-refractivity contribution in [1.29, 1.82) is 0 Å². The first-order valence-electron chi connectivity index (χ1n) is 6.91. The van der Waals surface area contributed by atoms with Crippen molar-refractivity contribution in [2.24, 2.45) is 0 Å². The highest BCUT2D eigenvalue weighted by atomic mass is 19.3. The highest BCUT2D eigenvalue weighted by molar-refractivity contribution is 5.90. The summed E-state index contributed by atoms with van der Waals surface area (Å²) in [7, 11) is 2.46. The van der Waals surface area contributed by atoms with Gasteiger partial charge in [0.25, 0.3) is 0 Å². The van der Waals surface area contributed by atoms with Crippen molar-refractivity contribution in [3.05, 3.63) is 47.4 Å². The van der Waals surface area contributed by atoms with Crippen LogP contribution in [0.5, 0.6) is 11.5 Å². The van der Waals surface area contributed by atoms with Crippen LogP contribution < -0.4 is 9.47 Å². The molecule has 7 nitrogen and oxygen atoms in total. The average molecular weight is 356 g/mol. The number of hydrogen-bond acceptors (Lipinski definition) is 7. The van der Waals surface area contributed by atoms with Gasteiger partial charge in [-0.1, -0.05) is 0 Å². The van der Waals surface area contributed by atoms with Crippen LogP contribution >= 0.6 is 0 Å². The van der Waals surface area contributed by atoms with Crippen molar-refractivity contribution in [3.63, 3.8) is 0 Å². The van der Waals surface area contributed by atoms with Crippen molar-refractivity contribution in [1.82, 2.24) is 0 Å². The van der Waals surface area contributed by atoms with Crippen molar-refractivity contribution < 1.29 is 41.7 Å². The summed E-state index contributed by atoms with van der Waals surface area (Å²) in [4.78, 5) is 23.3. The van der Waals surface area contributed by atoms with Crippen LogP contribution in [0.3, 0.4) is 0 Å². The van der Waals surface area contributed by atoms with Gasteiger partial charge in [-0.15, -0.1) is 0 Å². The Balaban J connectivity index is 2.03. The van der Waals surface area contributed by atoms with Gasteiger partial charge < -0.3 is 23.4 Å². The lowest BCUT2D eigenvalue weighted by molar-refractivity contribution is -0.0512. The third kappa shape index (κ3) is 4.69. The molecule has 1 aromatic carbocycles. The summed E-state index contributed by atoms with van der Waals surface area (Å²) in [6.45, 7) is -3.25. The molecule has 0 N–H and O–H groups in total. The predicted octanol–water partition coefficient (Wildman–Crippen LogP) is 3.03. The fourth-order valence-electron chi connectivity index (χ4n) is 1.87. The summed E-state index contributed by atoms with van der Waals surface area (Å²) in [6.07, 6.45) is 0. The van der Waals surface area contributed by atoms with E-state index in [4.69, 9.17) is 13.9 Å². The normalized spacial score (nSPS) is 10.4. The number of hydrogen-bond donors (Lipinski definition) is 0. The van der Waals surface area contributed by atoms with Gasteiger partial charge in [0.05, 0.1) is 19.8 Å². The third-order valence-corrected chi connectivity index (χ3v) is 3.01. The number of halogens is 2. The molecule has 0 amide bonds. The Bertz CT molecular complexity index is 755. The number of ether oxygens (including phenoxy) is 4. The Labute approximate surface area is 141 Å². The lowest BCUT2D eigenvalue weighted by Gasteiger charge is -2.11. The van der Waals surface area contributed by atoms with E-state index >= 15 is 0 Å². The van der Waals surface area contributed by atoms with E-state index in [9.17, 15) is 18.4 Å². The van der Waals surface area contributed by atoms with E-state index < -0.39 is 18.6 Å². The maximum atomic E-state index is 12.3. The monoisotopic (exact) mass is 356 g/mol. The Morgan fingerprint density at radius 1 is 1.08 bits per heavy atom. The SMILES string of the molecule is COC(=O)c1ccc(COC(=O)c2ccc(OC(F)F)c(OC)c2)o1. The van der Waals surface area contributed by atoms with E-state index in [2.05, 4.69) is 9.47 Å². The highest BCUT2D eigenvalue weighted by Crippen LogP contribution is 2.29. The number of benzene rings is 1. The Hall–Kier alpha value is -3.10. The maximum absolute atomic E-state index is 12.3. The molecule has 2 rings (SSSR count). The molecule has 0 atom stereocenters. The molecule has 9 heteroatoms. The molecule has 0 saturated carbocycles. The Morgan fingerprint density at radius 3 is 2.48 bits per heavy atom. The molecule has 0 bridgehead atoms. The lowest BCUT2D eigenvalue weighted by Crippen LogP contribution is -2.07. The first-order chi connectivity index (χ1) is 11.9. The molecule has 0 fully saturated rings. The van der Waals surface area contributed by atoms with Gasteiger partial charge in [0.2, 0.25) is 5.76 Å². The van der Waals surface area contributed by atoms with Crippen LogP contribution in [0.4, 0.5) is 8.78 Å². The standard InChI is InChI=1S/C16H14F2O7/c1-21-13-7-9(3-5-11(13)25-16(17)18)14(19)23-8-10-4-6-12(24-10)15(20)22-2/h3-7,16H,8H2,1-2H3. The van der Waals surface area contributed by atoms with E-state index in [0.29, 0.717) is 0 Å². The van der Waals surface area contributed by atoms with E-state index in [1.165, 1.54) is 44.6 Å². The topological polar surface area (TPSA) is 84.2 Å². The van der Waals surface area contributed by atoms with Crippen molar-refractivity contribution in [2.45, 2.75) is 13.2 Å². The van der Waals surface area contributed by atoms with Crippen LogP contribution in [0.25, 0.3) is 0 Å². The molecule has 1 aromatic heterocycles. The number of rotatable bonds is 7. The molecule has 0 aliphatic carbocycles. The molecule has 2 aromatic rings. The van der Waals surface area contributed by atoms with Gasteiger partial charge >= 0.3 is 18.6 Å². The maximum Gasteiger partial charge on any atom is 0.387 e. The molecule has 134 valence electrons. The zero-order valence-corrected chi connectivity index (χ0v) is 13.3. The minimum absolute atomic E-state index is 0.0243.